The minimum atomic E-state index is -3.98. The van der Waals surface area contributed by atoms with Crippen LogP contribution in [0.2, 0.25) is 0 Å². The van der Waals surface area contributed by atoms with Crippen LogP contribution in [0.25, 0.3) is 21.9 Å². The fourth-order valence-electron chi connectivity index (χ4n) is 4.73. The number of anilines is 2. The Morgan fingerprint density at radius 2 is 1.59 bits per heavy atom. The molecule has 0 aliphatic rings. The minimum absolute atomic E-state index is 0.0193. The fourth-order valence-corrected chi connectivity index (χ4v) is 5.68. The number of sulfonamides is 1. The molecule has 0 bridgehead atoms. The summed E-state index contributed by atoms with van der Waals surface area (Å²) < 4.78 is 34.8. The molecular weight excluding hydrogens is 582 g/mol. The number of amides is 1. The number of carbonyl (C=O) groups is 2. The number of esters is 1. The number of benzene rings is 3. The second-order valence-corrected chi connectivity index (χ2v) is 11.6. The number of rotatable bonds is 9. The summed E-state index contributed by atoms with van der Waals surface area (Å²) in [4.78, 5) is 47.9. The lowest BCUT2D eigenvalue weighted by Gasteiger charge is -2.20. The molecule has 0 aliphatic heterocycles. The fraction of sp³-hybridized carbons (Fsp3) is 0.156. The van der Waals surface area contributed by atoms with Gasteiger partial charge in [0, 0.05) is 35.6 Å². The van der Waals surface area contributed by atoms with Gasteiger partial charge in [0.05, 0.1) is 4.90 Å². The molecule has 11 nitrogen and oxygen atoms in total. The number of aryl methyl sites for hydroxylation is 1. The Labute approximate surface area is 253 Å². The molecule has 1 amide bonds. The Morgan fingerprint density at radius 1 is 0.932 bits per heavy atom. The normalized spacial score (nSPS) is 12.0. The number of nitrogens with one attached hydrogen (secondary N) is 2. The van der Waals surface area contributed by atoms with Crippen LogP contribution in [0.15, 0.2) is 101 Å². The molecule has 0 saturated carbocycles. The molecule has 44 heavy (non-hydrogen) atoms. The van der Waals surface area contributed by atoms with Gasteiger partial charge in [-0.2, -0.15) is 0 Å². The third-order valence-corrected chi connectivity index (χ3v) is 8.27. The Bertz CT molecular complexity index is 2030. The van der Waals surface area contributed by atoms with Crippen LogP contribution in [0, 0.1) is 6.92 Å². The van der Waals surface area contributed by atoms with Crippen LogP contribution in [0.5, 0.6) is 0 Å². The van der Waals surface area contributed by atoms with Crippen molar-refractivity contribution < 1.29 is 22.7 Å². The van der Waals surface area contributed by atoms with Gasteiger partial charge in [-0.1, -0.05) is 55.5 Å². The summed E-state index contributed by atoms with van der Waals surface area (Å²) in [5.74, 6) is -1.51. The van der Waals surface area contributed by atoms with Crippen molar-refractivity contribution in [3.05, 3.63) is 113 Å². The Hall–Kier alpha value is -5.36. The lowest BCUT2D eigenvalue weighted by molar-refractivity contribution is -0.124. The zero-order chi connectivity index (χ0) is 31.4. The van der Waals surface area contributed by atoms with Crippen LogP contribution >= 0.6 is 0 Å². The molecule has 5 aromatic rings. The Morgan fingerprint density at radius 3 is 2.25 bits per heavy atom. The monoisotopic (exact) mass is 611 g/mol. The molecule has 0 saturated heterocycles. The molecule has 3 aromatic carbocycles. The van der Waals surface area contributed by atoms with E-state index in [1.807, 2.05) is 30.3 Å². The van der Waals surface area contributed by atoms with E-state index in [0.29, 0.717) is 33.3 Å². The van der Waals surface area contributed by atoms with E-state index in [0.717, 1.165) is 0 Å². The van der Waals surface area contributed by atoms with Crippen LogP contribution in [-0.4, -0.2) is 40.9 Å². The Kier molecular flexibility index (Phi) is 8.54. The molecule has 0 spiro atoms. The zero-order valence-electron chi connectivity index (χ0n) is 24.1. The van der Waals surface area contributed by atoms with Crippen molar-refractivity contribution in [2.24, 2.45) is 7.05 Å². The molecule has 5 rings (SSSR count). The third kappa shape index (κ3) is 6.20. The van der Waals surface area contributed by atoms with Gasteiger partial charge < -0.3 is 14.6 Å². The number of hydrogen-bond donors (Lipinski definition) is 2. The van der Waals surface area contributed by atoms with Gasteiger partial charge in [-0.25, -0.2) is 27.9 Å². The third-order valence-electron chi connectivity index (χ3n) is 6.92. The van der Waals surface area contributed by atoms with Crippen molar-refractivity contribution in [1.82, 2.24) is 14.5 Å². The molecule has 2 heterocycles. The topological polar surface area (TPSA) is 149 Å². The van der Waals surface area contributed by atoms with E-state index in [-0.39, 0.29) is 28.5 Å². The van der Waals surface area contributed by atoms with Crippen LogP contribution < -0.4 is 15.6 Å². The number of carbonyl (C=O) groups excluding carboxylic acids is 2. The number of hydrogen-bond acceptors (Lipinski definition) is 8. The summed E-state index contributed by atoms with van der Waals surface area (Å²) in [7, 11) is -2.48. The summed E-state index contributed by atoms with van der Waals surface area (Å²) in [6, 6.07) is 23.3. The van der Waals surface area contributed by atoms with E-state index in [1.54, 1.807) is 44.2 Å². The quantitative estimate of drug-likeness (QED) is 0.228. The predicted molar refractivity (Wildman–Crippen MR) is 167 cm³/mol. The highest BCUT2D eigenvalue weighted by Gasteiger charge is 2.28. The van der Waals surface area contributed by atoms with Gasteiger partial charge in [0.1, 0.15) is 5.69 Å². The van der Waals surface area contributed by atoms with Crippen LogP contribution in [0.4, 0.5) is 11.6 Å². The minimum Gasteiger partial charge on any atom is -0.448 e. The summed E-state index contributed by atoms with van der Waals surface area (Å²) in [5.41, 5.74) is 1.76. The first kappa shape index (κ1) is 30.1. The smallest absolute Gasteiger partial charge is 0.356 e. The van der Waals surface area contributed by atoms with Gasteiger partial charge in [0.15, 0.2) is 6.10 Å². The summed E-state index contributed by atoms with van der Waals surface area (Å²) in [6.07, 6.45) is 0.390. The van der Waals surface area contributed by atoms with Gasteiger partial charge in [0.25, 0.3) is 21.5 Å². The lowest BCUT2D eigenvalue weighted by Crippen LogP contribution is -2.34. The van der Waals surface area contributed by atoms with Crippen LogP contribution in [0.1, 0.15) is 29.5 Å². The highest BCUT2D eigenvalue weighted by molar-refractivity contribution is 7.92. The first-order valence-corrected chi connectivity index (χ1v) is 15.2. The van der Waals surface area contributed by atoms with Crippen molar-refractivity contribution >= 4 is 44.3 Å². The van der Waals surface area contributed by atoms with Gasteiger partial charge >= 0.3 is 5.97 Å². The lowest BCUT2D eigenvalue weighted by atomic mass is 9.97. The molecule has 1 unspecified atom stereocenters. The van der Waals surface area contributed by atoms with Gasteiger partial charge in [-0.3, -0.25) is 9.59 Å². The van der Waals surface area contributed by atoms with Crippen molar-refractivity contribution in [2.45, 2.75) is 31.3 Å². The zero-order valence-corrected chi connectivity index (χ0v) is 25.0. The van der Waals surface area contributed by atoms with Gasteiger partial charge in [-0.15, -0.1) is 0 Å². The summed E-state index contributed by atoms with van der Waals surface area (Å²) >= 11 is 0. The van der Waals surface area contributed by atoms with E-state index in [9.17, 15) is 22.8 Å². The summed E-state index contributed by atoms with van der Waals surface area (Å²) in [6.45, 7) is 3.40. The first-order valence-electron chi connectivity index (χ1n) is 13.7. The van der Waals surface area contributed by atoms with E-state index in [2.05, 4.69) is 20.0 Å². The van der Waals surface area contributed by atoms with E-state index < -0.39 is 28.0 Å². The maximum Gasteiger partial charge on any atom is 0.356 e. The predicted octanol–water partition coefficient (Wildman–Crippen LogP) is 4.68. The van der Waals surface area contributed by atoms with E-state index in [1.165, 1.54) is 42.1 Å². The first-order chi connectivity index (χ1) is 21.1. The number of ether oxygens (including phenoxy) is 1. The van der Waals surface area contributed by atoms with Crippen molar-refractivity contribution in [3.63, 3.8) is 0 Å². The van der Waals surface area contributed by atoms with E-state index >= 15 is 0 Å². The van der Waals surface area contributed by atoms with E-state index in [4.69, 9.17) is 4.74 Å². The standard InChI is InChI=1S/C32H29N5O6S/c1-4-26(29(38)35-22-14-16-23(17-15-22)44(41,42)36-32-33-19-18-20(2)34-32)43-31(40)28-27(21-10-6-5-7-11-21)24-12-8-9-13-25(24)30(39)37(28)3/h5-19,26H,4H2,1-3H3,(H,35,38)(H,33,34,36). The number of fused-ring (bicyclic) bond motifs is 1. The average molecular weight is 612 g/mol. The van der Waals surface area contributed by atoms with Crippen molar-refractivity contribution in [2.75, 3.05) is 10.0 Å². The number of pyridine rings is 1. The molecule has 0 radical (unpaired) electrons. The largest absolute Gasteiger partial charge is 0.448 e. The van der Waals surface area contributed by atoms with Gasteiger partial charge in [0.2, 0.25) is 5.95 Å². The molecule has 2 N–H and O–H groups in total. The van der Waals surface area contributed by atoms with Crippen molar-refractivity contribution in [3.8, 4) is 11.1 Å². The highest BCUT2D eigenvalue weighted by Crippen LogP contribution is 2.31. The van der Waals surface area contributed by atoms with Crippen molar-refractivity contribution in [1.29, 1.82) is 0 Å². The molecule has 12 heteroatoms. The molecule has 1 atom stereocenters. The molecule has 2 aromatic heterocycles. The molecular formula is C32H29N5O6S. The van der Waals surface area contributed by atoms with Crippen LogP contribution in [0.3, 0.4) is 0 Å². The molecule has 0 aliphatic carbocycles. The summed E-state index contributed by atoms with van der Waals surface area (Å²) in [5, 5.41) is 3.70. The maximum atomic E-state index is 13.7. The molecule has 224 valence electrons. The average Bonchev–Trinajstić information content (AvgIpc) is 3.01. The highest BCUT2D eigenvalue weighted by atomic mass is 32.2. The molecule has 0 fully saturated rings. The van der Waals surface area contributed by atoms with Crippen LogP contribution in [-0.2, 0) is 26.6 Å². The Balaban J connectivity index is 1.37. The van der Waals surface area contributed by atoms with Gasteiger partial charge in [-0.05, 0) is 60.7 Å². The number of aromatic nitrogens is 3. The number of nitrogens with zero attached hydrogens (tertiary/aromatic N) is 3. The maximum absolute atomic E-state index is 13.7. The second kappa shape index (κ2) is 12.5. The second-order valence-electron chi connectivity index (χ2n) is 9.94. The SMILES string of the molecule is CCC(OC(=O)c1c(-c2ccccc2)c2ccccc2c(=O)n1C)C(=O)Nc1ccc(S(=O)(=O)Nc2nccc(C)n2)cc1.